The van der Waals surface area contributed by atoms with E-state index in [2.05, 4.69) is 20.6 Å². The van der Waals surface area contributed by atoms with Crippen molar-refractivity contribution in [1.29, 1.82) is 0 Å². The zero-order valence-electron chi connectivity index (χ0n) is 13.9. The predicted molar refractivity (Wildman–Crippen MR) is 88.6 cm³/mol. The van der Waals surface area contributed by atoms with Gasteiger partial charge in [0.1, 0.15) is 6.54 Å². The van der Waals surface area contributed by atoms with Gasteiger partial charge in [-0.2, -0.15) is 0 Å². The van der Waals surface area contributed by atoms with E-state index in [1.54, 1.807) is 18.4 Å². The highest BCUT2D eigenvalue weighted by Crippen LogP contribution is 2.28. The van der Waals surface area contributed by atoms with Gasteiger partial charge >= 0.3 is 5.97 Å². The molecule has 0 fully saturated rings. The number of ether oxygens (including phenoxy) is 1. The van der Waals surface area contributed by atoms with Gasteiger partial charge in [0.25, 0.3) is 0 Å². The lowest BCUT2D eigenvalue weighted by molar-refractivity contribution is -0.143. The summed E-state index contributed by atoms with van der Waals surface area (Å²) in [4.78, 5) is 28.1. The zero-order chi connectivity index (χ0) is 17.8. The SMILES string of the molecule is CCOC(=O)Cn1c(-c2nonc2NC(=O)CC)nc2ccccc21. The standard InChI is InChI=1S/C16H17N5O4/c1-3-12(22)18-15-14(19-25-20-15)16-17-10-7-5-6-8-11(10)21(16)9-13(23)24-4-2/h5-8H,3-4,9H2,1-2H3,(H,18,20,22). The molecule has 0 saturated carbocycles. The van der Waals surface area contributed by atoms with Crippen LogP contribution in [0.3, 0.4) is 0 Å². The monoisotopic (exact) mass is 343 g/mol. The largest absolute Gasteiger partial charge is 0.465 e. The van der Waals surface area contributed by atoms with Gasteiger partial charge in [0.05, 0.1) is 17.6 Å². The zero-order valence-corrected chi connectivity index (χ0v) is 13.9. The Labute approximate surface area is 142 Å². The lowest BCUT2D eigenvalue weighted by Gasteiger charge is -2.08. The number of nitrogens with zero attached hydrogens (tertiary/aromatic N) is 4. The summed E-state index contributed by atoms with van der Waals surface area (Å²) in [6, 6.07) is 7.34. The number of imidazole rings is 1. The fraction of sp³-hybridized carbons (Fsp3) is 0.312. The van der Waals surface area contributed by atoms with Crippen molar-refractivity contribution >= 4 is 28.7 Å². The Morgan fingerprint density at radius 3 is 2.80 bits per heavy atom. The van der Waals surface area contributed by atoms with Crippen LogP contribution in [-0.2, 0) is 20.9 Å². The number of fused-ring (bicyclic) bond motifs is 1. The molecular formula is C16H17N5O4. The molecule has 3 aromatic rings. The molecule has 0 saturated heterocycles. The van der Waals surface area contributed by atoms with E-state index in [0.717, 1.165) is 5.52 Å². The van der Waals surface area contributed by atoms with Gasteiger partial charge in [-0.05, 0) is 29.4 Å². The highest BCUT2D eigenvalue weighted by Gasteiger charge is 2.23. The second kappa shape index (κ2) is 7.12. The smallest absolute Gasteiger partial charge is 0.326 e. The maximum absolute atomic E-state index is 12.0. The number of rotatable bonds is 6. The van der Waals surface area contributed by atoms with Gasteiger partial charge in [0.2, 0.25) is 11.7 Å². The number of aromatic nitrogens is 4. The Hall–Kier alpha value is -3.23. The van der Waals surface area contributed by atoms with Crippen molar-refractivity contribution in [1.82, 2.24) is 19.9 Å². The third kappa shape index (κ3) is 3.35. The van der Waals surface area contributed by atoms with Crippen molar-refractivity contribution in [3.8, 4) is 11.5 Å². The van der Waals surface area contributed by atoms with Gasteiger partial charge in [0.15, 0.2) is 11.5 Å². The summed E-state index contributed by atoms with van der Waals surface area (Å²) in [5, 5.41) is 10.2. The first kappa shape index (κ1) is 16.6. The minimum absolute atomic E-state index is 0.0439. The van der Waals surface area contributed by atoms with Crippen LogP contribution < -0.4 is 5.32 Å². The summed E-state index contributed by atoms with van der Waals surface area (Å²) < 4.78 is 11.5. The number of hydrogen-bond acceptors (Lipinski definition) is 7. The molecule has 2 heterocycles. The molecule has 0 radical (unpaired) electrons. The van der Waals surface area contributed by atoms with Gasteiger partial charge in [-0.3, -0.25) is 9.59 Å². The molecule has 0 atom stereocenters. The molecule has 1 N–H and O–H groups in total. The fourth-order valence-corrected chi connectivity index (χ4v) is 2.39. The number of hydrogen-bond donors (Lipinski definition) is 1. The van der Waals surface area contributed by atoms with E-state index in [-0.39, 0.29) is 37.0 Å². The van der Waals surface area contributed by atoms with Crippen molar-refractivity contribution in [2.75, 3.05) is 11.9 Å². The van der Waals surface area contributed by atoms with E-state index < -0.39 is 5.97 Å². The molecule has 1 amide bonds. The second-order valence-corrected chi connectivity index (χ2v) is 5.18. The molecule has 0 aliphatic heterocycles. The summed E-state index contributed by atoms with van der Waals surface area (Å²) in [6.07, 6.45) is 0.283. The van der Waals surface area contributed by atoms with E-state index in [1.165, 1.54) is 0 Å². The maximum atomic E-state index is 12.0. The number of para-hydroxylation sites is 2. The summed E-state index contributed by atoms with van der Waals surface area (Å²) in [5.41, 5.74) is 1.67. The summed E-state index contributed by atoms with van der Waals surface area (Å²) >= 11 is 0. The minimum atomic E-state index is -0.400. The normalized spacial score (nSPS) is 10.8. The Kier molecular flexibility index (Phi) is 4.73. The average molecular weight is 343 g/mol. The minimum Gasteiger partial charge on any atom is -0.465 e. The molecule has 9 nitrogen and oxygen atoms in total. The summed E-state index contributed by atoms with van der Waals surface area (Å²) in [5.74, 6) is -0.110. The molecule has 0 spiro atoms. The van der Waals surface area contributed by atoms with Crippen molar-refractivity contribution < 1.29 is 19.0 Å². The first-order valence-electron chi connectivity index (χ1n) is 7.87. The van der Waals surface area contributed by atoms with Gasteiger partial charge in [-0.15, -0.1) is 0 Å². The molecule has 3 rings (SSSR count). The molecular weight excluding hydrogens is 326 g/mol. The highest BCUT2D eigenvalue weighted by atomic mass is 16.6. The molecule has 1 aromatic carbocycles. The van der Waals surface area contributed by atoms with Crippen LogP contribution >= 0.6 is 0 Å². The van der Waals surface area contributed by atoms with Crippen molar-refractivity contribution in [2.45, 2.75) is 26.8 Å². The third-order valence-electron chi connectivity index (χ3n) is 3.53. The number of nitrogens with one attached hydrogen (secondary N) is 1. The maximum Gasteiger partial charge on any atom is 0.326 e. The number of anilines is 1. The number of carbonyl (C=O) groups is 2. The van der Waals surface area contributed by atoms with Crippen molar-refractivity contribution in [3.05, 3.63) is 24.3 Å². The quantitative estimate of drug-likeness (QED) is 0.681. The van der Waals surface area contributed by atoms with Crippen LogP contribution in [-0.4, -0.2) is 38.3 Å². The van der Waals surface area contributed by atoms with Crippen LogP contribution in [0.4, 0.5) is 5.82 Å². The van der Waals surface area contributed by atoms with Crippen LogP contribution in [0.2, 0.25) is 0 Å². The van der Waals surface area contributed by atoms with Gasteiger partial charge in [0, 0.05) is 6.42 Å². The van der Waals surface area contributed by atoms with E-state index in [9.17, 15) is 9.59 Å². The second-order valence-electron chi connectivity index (χ2n) is 5.18. The van der Waals surface area contributed by atoms with Crippen LogP contribution in [0, 0.1) is 0 Å². The summed E-state index contributed by atoms with van der Waals surface area (Å²) in [7, 11) is 0. The van der Waals surface area contributed by atoms with Gasteiger partial charge in [-0.25, -0.2) is 9.61 Å². The molecule has 0 bridgehead atoms. The van der Waals surface area contributed by atoms with Crippen LogP contribution in [0.5, 0.6) is 0 Å². The highest BCUT2D eigenvalue weighted by molar-refractivity contribution is 5.93. The fourth-order valence-electron chi connectivity index (χ4n) is 2.39. The number of benzene rings is 1. The van der Waals surface area contributed by atoms with Crippen LogP contribution in [0.25, 0.3) is 22.6 Å². The van der Waals surface area contributed by atoms with E-state index in [4.69, 9.17) is 9.37 Å². The lowest BCUT2D eigenvalue weighted by atomic mass is 10.3. The third-order valence-corrected chi connectivity index (χ3v) is 3.53. The average Bonchev–Trinajstić information content (AvgIpc) is 3.19. The number of carbonyl (C=O) groups excluding carboxylic acids is 2. The van der Waals surface area contributed by atoms with Gasteiger partial charge in [-0.1, -0.05) is 19.1 Å². The molecule has 9 heteroatoms. The van der Waals surface area contributed by atoms with E-state index in [1.807, 2.05) is 24.3 Å². The van der Waals surface area contributed by atoms with Crippen molar-refractivity contribution in [2.24, 2.45) is 0 Å². The van der Waals surface area contributed by atoms with E-state index >= 15 is 0 Å². The Morgan fingerprint density at radius 1 is 1.24 bits per heavy atom. The van der Waals surface area contributed by atoms with Crippen LogP contribution in [0.1, 0.15) is 20.3 Å². The summed E-state index contributed by atoms with van der Waals surface area (Å²) in [6.45, 7) is 3.70. The van der Waals surface area contributed by atoms with Crippen LogP contribution in [0.15, 0.2) is 28.9 Å². The first-order valence-corrected chi connectivity index (χ1v) is 7.87. The molecule has 25 heavy (non-hydrogen) atoms. The Balaban J connectivity index is 2.08. The van der Waals surface area contributed by atoms with Crippen molar-refractivity contribution in [3.63, 3.8) is 0 Å². The molecule has 0 aliphatic rings. The molecule has 0 unspecified atom stereocenters. The Bertz CT molecular complexity index is 914. The topological polar surface area (TPSA) is 112 Å². The molecule has 130 valence electrons. The first-order chi connectivity index (χ1) is 12.1. The lowest BCUT2D eigenvalue weighted by Crippen LogP contribution is -2.15. The molecule has 0 aliphatic carbocycles. The number of amides is 1. The predicted octanol–water partition coefficient (Wildman–Crippen LogP) is 2.00. The van der Waals surface area contributed by atoms with E-state index in [0.29, 0.717) is 11.3 Å². The van der Waals surface area contributed by atoms with Gasteiger partial charge < -0.3 is 14.6 Å². The number of esters is 1. The Morgan fingerprint density at radius 2 is 2.04 bits per heavy atom. The molecule has 2 aromatic heterocycles.